The highest BCUT2D eigenvalue weighted by molar-refractivity contribution is 5.62. The number of rotatable bonds is 8. The second kappa shape index (κ2) is 7.70. The van der Waals surface area contributed by atoms with Crippen LogP contribution in [-0.2, 0) is 16.1 Å². The molecule has 0 radical (unpaired) electrons. The van der Waals surface area contributed by atoms with E-state index in [0.717, 1.165) is 5.56 Å². The minimum Gasteiger partial charge on any atom is -0.383 e. The molecule has 0 saturated carbocycles. The molecule has 1 rings (SSSR count). The fourth-order valence-electron chi connectivity index (χ4n) is 1.56. The Kier molecular flexibility index (Phi) is 6.24. The van der Waals surface area contributed by atoms with Gasteiger partial charge in [0.25, 0.3) is 5.69 Å². The van der Waals surface area contributed by atoms with Crippen molar-refractivity contribution in [2.24, 2.45) is 0 Å². The number of ether oxygens (including phenoxy) is 2. The molecule has 1 aromatic rings. The zero-order chi connectivity index (χ0) is 14.3. The number of anilines is 1. The van der Waals surface area contributed by atoms with Gasteiger partial charge in [0.15, 0.2) is 0 Å². The van der Waals surface area contributed by atoms with Gasteiger partial charge in [-0.05, 0) is 25.5 Å². The van der Waals surface area contributed by atoms with E-state index in [1.54, 1.807) is 13.1 Å². The molecule has 0 aliphatic heterocycles. The Morgan fingerprint density at radius 2 is 2.11 bits per heavy atom. The summed E-state index contributed by atoms with van der Waals surface area (Å²) in [6.07, 6.45) is 0.180. The van der Waals surface area contributed by atoms with Crippen LogP contribution in [0.3, 0.4) is 0 Å². The number of nitrogens with zero attached hydrogens (tertiary/aromatic N) is 1. The summed E-state index contributed by atoms with van der Waals surface area (Å²) in [5.41, 5.74) is 1.33. The fraction of sp³-hybridized carbons (Fsp3) is 0.538. The predicted molar refractivity (Wildman–Crippen MR) is 73.4 cm³/mol. The van der Waals surface area contributed by atoms with Gasteiger partial charge in [0.2, 0.25) is 0 Å². The van der Waals surface area contributed by atoms with Gasteiger partial charge in [0.1, 0.15) is 5.69 Å². The van der Waals surface area contributed by atoms with Gasteiger partial charge in [-0.25, -0.2) is 0 Å². The van der Waals surface area contributed by atoms with Crippen molar-refractivity contribution in [2.75, 3.05) is 25.6 Å². The van der Waals surface area contributed by atoms with Crippen LogP contribution in [0.4, 0.5) is 11.4 Å². The van der Waals surface area contributed by atoms with Gasteiger partial charge in [-0.3, -0.25) is 10.1 Å². The van der Waals surface area contributed by atoms with E-state index in [1.165, 1.54) is 6.07 Å². The van der Waals surface area contributed by atoms with E-state index in [-0.39, 0.29) is 11.8 Å². The topological polar surface area (TPSA) is 73.6 Å². The van der Waals surface area contributed by atoms with E-state index in [4.69, 9.17) is 9.47 Å². The molecule has 0 heterocycles. The Balaban J connectivity index is 2.50. The Hall–Kier alpha value is -1.66. The third kappa shape index (κ3) is 5.23. The SMILES string of the molecule is CNc1ccc(COCCOC(C)C)cc1[N+](=O)[O-]. The third-order valence-corrected chi connectivity index (χ3v) is 2.48. The highest BCUT2D eigenvalue weighted by Crippen LogP contribution is 2.25. The summed E-state index contributed by atoms with van der Waals surface area (Å²) < 4.78 is 10.7. The Bertz CT molecular complexity index is 421. The molecule has 6 nitrogen and oxygen atoms in total. The molecule has 0 unspecified atom stereocenters. The molecule has 0 aliphatic rings. The lowest BCUT2D eigenvalue weighted by Gasteiger charge is -2.09. The van der Waals surface area contributed by atoms with Crippen molar-refractivity contribution >= 4 is 11.4 Å². The molecule has 0 bridgehead atoms. The summed E-state index contributed by atoms with van der Waals surface area (Å²) in [4.78, 5) is 10.5. The third-order valence-electron chi connectivity index (χ3n) is 2.48. The smallest absolute Gasteiger partial charge is 0.292 e. The first kappa shape index (κ1) is 15.4. The number of nitrogens with one attached hydrogen (secondary N) is 1. The van der Waals surface area contributed by atoms with Gasteiger partial charge >= 0.3 is 0 Å². The zero-order valence-corrected chi connectivity index (χ0v) is 11.5. The molecule has 1 N–H and O–H groups in total. The number of nitro benzene ring substituents is 1. The van der Waals surface area contributed by atoms with Gasteiger partial charge in [0.05, 0.1) is 30.8 Å². The van der Waals surface area contributed by atoms with E-state index < -0.39 is 4.92 Å². The van der Waals surface area contributed by atoms with Crippen LogP contribution in [0.1, 0.15) is 19.4 Å². The Morgan fingerprint density at radius 3 is 2.68 bits per heavy atom. The van der Waals surface area contributed by atoms with Crippen molar-refractivity contribution < 1.29 is 14.4 Å². The molecule has 1 aromatic carbocycles. The Labute approximate surface area is 112 Å². The Morgan fingerprint density at radius 1 is 1.37 bits per heavy atom. The lowest BCUT2D eigenvalue weighted by atomic mass is 10.2. The first-order valence-electron chi connectivity index (χ1n) is 6.19. The molecule has 6 heteroatoms. The zero-order valence-electron chi connectivity index (χ0n) is 11.5. The summed E-state index contributed by atoms with van der Waals surface area (Å²) in [5.74, 6) is 0. The van der Waals surface area contributed by atoms with Crippen molar-refractivity contribution in [1.82, 2.24) is 0 Å². The largest absolute Gasteiger partial charge is 0.383 e. The van der Waals surface area contributed by atoms with Gasteiger partial charge in [-0.1, -0.05) is 6.07 Å². The van der Waals surface area contributed by atoms with Crippen LogP contribution in [-0.4, -0.2) is 31.3 Å². The highest BCUT2D eigenvalue weighted by Gasteiger charge is 2.13. The maximum Gasteiger partial charge on any atom is 0.292 e. The minimum absolute atomic E-state index is 0.0574. The van der Waals surface area contributed by atoms with Crippen molar-refractivity contribution in [3.05, 3.63) is 33.9 Å². The van der Waals surface area contributed by atoms with Crippen LogP contribution in [0.25, 0.3) is 0 Å². The average molecular weight is 268 g/mol. The lowest BCUT2D eigenvalue weighted by molar-refractivity contribution is -0.384. The van der Waals surface area contributed by atoms with E-state index >= 15 is 0 Å². The minimum atomic E-state index is -0.406. The van der Waals surface area contributed by atoms with Crippen molar-refractivity contribution in [3.63, 3.8) is 0 Å². The van der Waals surface area contributed by atoms with Crippen LogP contribution in [0.15, 0.2) is 18.2 Å². The van der Waals surface area contributed by atoms with Gasteiger partial charge in [0, 0.05) is 13.1 Å². The van der Waals surface area contributed by atoms with Crippen LogP contribution < -0.4 is 5.32 Å². The van der Waals surface area contributed by atoms with E-state index in [0.29, 0.717) is 25.5 Å². The molecular formula is C13H20N2O4. The second-order valence-electron chi connectivity index (χ2n) is 4.33. The monoisotopic (exact) mass is 268 g/mol. The summed E-state index contributed by atoms with van der Waals surface area (Å²) in [5, 5.41) is 13.7. The van der Waals surface area contributed by atoms with Gasteiger partial charge in [-0.15, -0.1) is 0 Å². The second-order valence-corrected chi connectivity index (χ2v) is 4.33. The van der Waals surface area contributed by atoms with Crippen molar-refractivity contribution in [1.29, 1.82) is 0 Å². The van der Waals surface area contributed by atoms with Crippen LogP contribution in [0.2, 0.25) is 0 Å². The first-order valence-corrected chi connectivity index (χ1v) is 6.19. The first-order chi connectivity index (χ1) is 9.04. The lowest BCUT2D eigenvalue weighted by Crippen LogP contribution is -2.09. The van der Waals surface area contributed by atoms with E-state index in [1.807, 2.05) is 19.9 Å². The molecule has 19 heavy (non-hydrogen) atoms. The molecular weight excluding hydrogens is 248 g/mol. The average Bonchev–Trinajstić information content (AvgIpc) is 2.37. The fourth-order valence-corrected chi connectivity index (χ4v) is 1.56. The maximum absolute atomic E-state index is 10.9. The van der Waals surface area contributed by atoms with Crippen molar-refractivity contribution in [3.8, 4) is 0 Å². The molecule has 0 amide bonds. The number of benzene rings is 1. The van der Waals surface area contributed by atoms with E-state index in [2.05, 4.69) is 5.32 Å². The number of hydrogen-bond acceptors (Lipinski definition) is 5. The molecule has 0 saturated heterocycles. The number of hydrogen-bond donors (Lipinski definition) is 1. The van der Waals surface area contributed by atoms with Gasteiger partial charge < -0.3 is 14.8 Å². The summed E-state index contributed by atoms with van der Waals surface area (Å²) in [6.45, 7) is 5.25. The quantitative estimate of drug-likeness (QED) is 0.445. The summed E-state index contributed by atoms with van der Waals surface area (Å²) in [7, 11) is 1.65. The molecule has 0 aromatic heterocycles. The van der Waals surface area contributed by atoms with E-state index in [9.17, 15) is 10.1 Å². The maximum atomic E-state index is 10.9. The number of nitro groups is 1. The molecule has 106 valence electrons. The normalized spacial score (nSPS) is 10.7. The molecule has 0 aliphatic carbocycles. The highest BCUT2D eigenvalue weighted by atomic mass is 16.6. The van der Waals surface area contributed by atoms with Crippen LogP contribution in [0, 0.1) is 10.1 Å². The summed E-state index contributed by atoms with van der Waals surface area (Å²) >= 11 is 0. The summed E-state index contributed by atoms with van der Waals surface area (Å²) in [6, 6.07) is 5.01. The van der Waals surface area contributed by atoms with Gasteiger partial charge in [-0.2, -0.15) is 0 Å². The van der Waals surface area contributed by atoms with Crippen LogP contribution >= 0.6 is 0 Å². The standard InChI is InChI=1S/C13H20N2O4/c1-10(2)19-7-6-18-9-11-4-5-12(14-3)13(8-11)15(16)17/h4-5,8,10,14H,6-7,9H2,1-3H3. The molecule has 0 atom stereocenters. The molecule has 0 fully saturated rings. The van der Waals surface area contributed by atoms with Crippen LogP contribution in [0.5, 0.6) is 0 Å². The van der Waals surface area contributed by atoms with Crippen molar-refractivity contribution in [2.45, 2.75) is 26.6 Å². The molecule has 0 spiro atoms. The predicted octanol–water partition coefficient (Wildman–Crippen LogP) is 2.58.